The zero-order valence-corrected chi connectivity index (χ0v) is 16.9. The van der Waals surface area contributed by atoms with Gasteiger partial charge in [-0.05, 0) is 44.6 Å². The fraction of sp³-hybridized carbons (Fsp3) is 0.647. The van der Waals surface area contributed by atoms with Crippen LogP contribution in [0.4, 0.5) is 0 Å². The molecule has 0 aliphatic carbocycles. The van der Waals surface area contributed by atoms with Gasteiger partial charge in [-0.2, -0.15) is 0 Å². The summed E-state index contributed by atoms with van der Waals surface area (Å²) < 4.78 is 56.2. The lowest BCUT2D eigenvalue weighted by Crippen LogP contribution is -2.44. The summed E-state index contributed by atoms with van der Waals surface area (Å²) in [5.74, 6) is -0.205. The maximum absolute atomic E-state index is 13.3. The van der Waals surface area contributed by atoms with Crippen molar-refractivity contribution in [1.29, 1.82) is 0 Å². The van der Waals surface area contributed by atoms with E-state index >= 15 is 0 Å². The summed E-state index contributed by atoms with van der Waals surface area (Å²) in [7, 11) is -4.02. The number of hydrogen-bond acceptors (Lipinski definition) is 6. The van der Waals surface area contributed by atoms with E-state index in [9.17, 15) is 16.8 Å². The highest BCUT2D eigenvalue weighted by Crippen LogP contribution is 2.33. The normalized spacial score (nSPS) is 23.1. The molecule has 0 unspecified atom stereocenters. The van der Waals surface area contributed by atoms with Gasteiger partial charge < -0.3 is 9.64 Å². The molecule has 1 fully saturated rings. The molecule has 142 valence electrons. The Morgan fingerprint density at radius 1 is 1.28 bits per heavy atom. The number of hydrogen-bond donors (Lipinski definition) is 0. The van der Waals surface area contributed by atoms with Crippen molar-refractivity contribution < 1.29 is 21.6 Å². The molecular formula is C17H27NO5S2. The van der Waals surface area contributed by atoms with Gasteiger partial charge in [-0.1, -0.05) is 19.4 Å². The molecule has 8 heteroatoms. The Morgan fingerprint density at radius 3 is 2.56 bits per heavy atom. The summed E-state index contributed by atoms with van der Waals surface area (Å²) >= 11 is 0. The average Bonchev–Trinajstić information content (AvgIpc) is 2.89. The van der Waals surface area contributed by atoms with Crippen molar-refractivity contribution in [2.75, 3.05) is 32.2 Å². The second-order valence-electron chi connectivity index (χ2n) is 6.72. The molecule has 0 amide bonds. The van der Waals surface area contributed by atoms with Crippen LogP contribution in [0.15, 0.2) is 23.1 Å². The Labute approximate surface area is 151 Å². The van der Waals surface area contributed by atoms with E-state index in [0.29, 0.717) is 6.54 Å². The molecule has 25 heavy (non-hydrogen) atoms. The van der Waals surface area contributed by atoms with Gasteiger partial charge in [0.25, 0.3) is 0 Å². The Hall–Kier alpha value is -1.12. The first-order chi connectivity index (χ1) is 11.6. The van der Waals surface area contributed by atoms with Gasteiger partial charge in [0.2, 0.25) is 0 Å². The van der Waals surface area contributed by atoms with Crippen LogP contribution in [-0.4, -0.2) is 65.2 Å². The predicted octanol–water partition coefficient (Wildman–Crippen LogP) is 1.67. The van der Waals surface area contributed by atoms with Crippen LogP contribution in [0.1, 0.15) is 25.3 Å². The van der Waals surface area contributed by atoms with Crippen molar-refractivity contribution in [2.45, 2.75) is 42.9 Å². The standard InChI is InChI=1S/C17H27NO5S2/c1-5-6-9-18(3)14-11-24(19,20)12-17(14)25(21,22)16-10-13(2)7-8-15(16)23-4/h7-8,10,14,17H,5-6,9,11-12H2,1-4H3/t14-,17-/m0/s1. The monoisotopic (exact) mass is 389 g/mol. The van der Waals surface area contributed by atoms with Gasteiger partial charge in [0.05, 0.1) is 23.9 Å². The third kappa shape index (κ3) is 4.35. The molecule has 0 N–H and O–H groups in total. The molecule has 2 atom stereocenters. The fourth-order valence-corrected chi connectivity index (χ4v) is 8.40. The Balaban J connectivity index is 2.47. The molecule has 0 bridgehead atoms. The molecule has 0 saturated carbocycles. The van der Waals surface area contributed by atoms with Crippen molar-refractivity contribution >= 4 is 19.7 Å². The number of nitrogens with zero attached hydrogens (tertiary/aromatic N) is 1. The van der Waals surface area contributed by atoms with Crippen molar-refractivity contribution in [1.82, 2.24) is 4.90 Å². The van der Waals surface area contributed by atoms with Crippen LogP contribution in [0.2, 0.25) is 0 Å². The van der Waals surface area contributed by atoms with E-state index in [-0.39, 0.29) is 22.2 Å². The van der Waals surface area contributed by atoms with Crippen LogP contribution in [-0.2, 0) is 19.7 Å². The number of unbranched alkanes of at least 4 members (excludes halogenated alkanes) is 1. The molecule has 1 aromatic rings. The lowest BCUT2D eigenvalue weighted by Gasteiger charge is -2.28. The molecule has 1 saturated heterocycles. The van der Waals surface area contributed by atoms with Crippen molar-refractivity contribution in [2.24, 2.45) is 0 Å². The molecule has 1 aliphatic rings. The fourth-order valence-electron chi connectivity index (χ4n) is 3.25. The lowest BCUT2D eigenvalue weighted by atomic mass is 10.2. The minimum Gasteiger partial charge on any atom is -0.495 e. The molecule has 0 spiro atoms. The van der Waals surface area contributed by atoms with E-state index in [2.05, 4.69) is 0 Å². The third-order valence-electron chi connectivity index (χ3n) is 4.73. The van der Waals surface area contributed by atoms with Crippen LogP contribution in [0.25, 0.3) is 0 Å². The third-order valence-corrected chi connectivity index (χ3v) is 8.86. The Bertz CT molecular complexity index is 817. The average molecular weight is 390 g/mol. The van der Waals surface area contributed by atoms with Gasteiger partial charge in [-0.25, -0.2) is 16.8 Å². The molecule has 0 radical (unpaired) electrons. The molecule has 1 aromatic carbocycles. The van der Waals surface area contributed by atoms with Gasteiger partial charge in [-0.15, -0.1) is 0 Å². The number of sulfone groups is 2. The molecule has 6 nitrogen and oxygen atoms in total. The lowest BCUT2D eigenvalue weighted by molar-refractivity contribution is 0.259. The first kappa shape index (κ1) is 20.2. The SMILES string of the molecule is CCCCN(C)[C@H]1CS(=O)(=O)C[C@@H]1S(=O)(=O)c1cc(C)ccc1OC. The number of rotatable bonds is 7. The molecular weight excluding hydrogens is 362 g/mol. The van der Waals surface area contributed by atoms with E-state index in [1.165, 1.54) is 7.11 Å². The number of methoxy groups -OCH3 is 1. The maximum Gasteiger partial charge on any atom is 0.187 e. The van der Waals surface area contributed by atoms with Crippen LogP contribution < -0.4 is 4.74 Å². The minimum absolute atomic E-state index is 0.0750. The molecule has 2 rings (SSSR count). The second-order valence-corrected chi connectivity index (χ2v) is 11.0. The molecule has 1 heterocycles. The largest absolute Gasteiger partial charge is 0.495 e. The molecule has 0 aromatic heterocycles. The smallest absolute Gasteiger partial charge is 0.187 e. The van der Waals surface area contributed by atoms with Gasteiger partial charge >= 0.3 is 0 Å². The first-order valence-electron chi connectivity index (χ1n) is 8.41. The summed E-state index contributed by atoms with van der Waals surface area (Å²) in [6.07, 6.45) is 1.86. The summed E-state index contributed by atoms with van der Waals surface area (Å²) in [5, 5.41) is -0.977. The summed E-state index contributed by atoms with van der Waals surface area (Å²) in [4.78, 5) is 1.95. The van der Waals surface area contributed by atoms with Gasteiger partial charge in [0.15, 0.2) is 19.7 Å². The minimum atomic E-state index is -3.84. The zero-order chi connectivity index (χ0) is 18.8. The van der Waals surface area contributed by atoms with Crippen LogP contribution in [0.3, 0.4) is 0 Å². The zero-order valence-electron chi connectivity index (χ0n) is 15.2. The Morgan fingerprint density at radius 2 is 1.96 bits per heavy atom. The van der Waals surface area contributed by atoms with E-state index in [1.807, 2.05) is 11.8 Å². The van der Waals surface area contributed by atoms with Gasteiger partial charge in [0, 0.05) is 6.04 Å². The van der Waals surface area contributed by atoms with E-state index < -0.39 is 31.0 Å². The quantitative estimate of drug-likeness (QED) is 0.706. The van der Waals surface area contributed by atoms with Gasteiger partial charge in [-0.3, -0.25) is 0 Å². The number of ether oxygens (including phenoxy) is 1. The van der Waals surface area contributed by atoms with Crippen molar-refractivity contribution in [3.63, 3.8) is 0 Å². The van der Waals surface area contributed by atoms with Gasteiger partial charge in [0.1, 0.15) is 10.6 Å². The second kappa shape index (κ2) is 7.63. The predicted molar refractivity (Wildman–Crippen MR) is 98.7 cm³/mol. The number of aryl methyl sites for hydroxylation is 1. The highest BCUT2D eigenvalue weighted by atomic mass is 32.2. The summed E-state index contributed by atoms with van der Waals surface area (Å²) in [6.45, 7) is 4.52. The van der Waals surface area contributed by atoms with Crippen molar-refractivity contribution in [3.8, 4) is 5.75 Å². The van der Waals surface area contributed by atoms with Crippen LogP contribution >= 0.6 is 0 Å². The highest BCUT2D eigenvalue weighted by molar-refractivity contribution is 7.96. The summed E-state index contributed by atoms with van der Waals surface area (Å²) in [5.41, 5.74) is 0.788. The maximum atomic E-state index is 13.3. The summed E-state index contributed by atoms with van der Waals surface area (Å²) in [6, 6.07) is 4.41. The first-order valence-corrected chi connectivity index (χ1v) is 11.8. The van der Waals surface area contributed by atoms with Crippen LogP contribution in [0, 0.1) is 6.92 Å². The highest BCUT2D eigenvalue weighted by Gasteiger charge is 2.48. The topological polar surface area (TPSA) is 80.8 Å². The molecule has 1 aliphatic heterocycles. The van der Waals surface area contributed by atoms with Crippen LogP contribution in [0.5, 0.6) is 5.75 Å². The van der Waals surface area contributed by atoms with E-state index in [4.69, 9.17) is 4.74 Å². The van der Waals surface area contributed by atoms with E-state index in [1.54, 1.807) is 32.2 Å². The van der Waals surface area contributed by atoms with E-state index in [0.717, 1.165) is 18.4 Å². The van der Waals surface area contributed by atoms with Crippen molar-refractivity contribution in [3.05, 3.63) is 23.8 Å². The number of benzene rings is 1. The Kier molecular flexibility index (Phi) is 6.17.